The number of carbonyl (C=O) groups is 2. The molecule has 0 heterocycles. The molecule has 1 saturated carbocycles. The molecule has 0 bridgehead atoms. The molecular weight excluding hydrogens is 254 g/mol. The normalized spacial score (nSPS) is 23.4. The van der Waals surface area contributed by atoms with E-state index < -0.39 is 5.97 Å². The number of hydrogen-bond acceptors (Lipinski definition) is 2. The standard InChI is InChI=1S/C16H29NO3/c1-12-4-6-13(7-5-12)15(20)17-11-10-16(2,3)9-8-14(18)19/h12-13H,4-11H2,1-3H3,(H,17,20)(H,18,19). The van der Waals surface area contributed by atoms with Gasteiger partial charge in [0.2, 0.25) is 5.91 Å². The Morgan fingerprint density at radius 2 is 1.75 bits per heavy atom. The summed E-state index contributed by atoms with van der Waals surface area (Å²) in [5.74, 6) is 0.381. The van der Waals surface area contributed by atoms with E-state index in [4.69, 9.17) is 5.11 Å². The molecule has 116 valence electrons. The molecule has 0 aliphatic heterocycles. The van der Waals surface area contributed by atoms with Gasteiger partial charge in [-0.3, -0.25) is 9.59 Å². The fourth-order valence-corrected chi connectivity index (χ4v) is 2.76. The van der Waals surface area contributed by atoms with Gasteiger partial charge in [0.1, 0.15) is 0 Å². The number of carbonyl (C=O) groups excluding carboxylic acids is 1. The van der Waals surface area contributed by atoms with Crippen LogP contribution in [0.4, 0.5) is 0 Å². The predicted molar refractivity (Wildman–Crippen MR) is 79.4 cm³/mol. The summed E-state index contributed by atoms with van der Waals surface area (Å²) in [5.41, 5.74) is -0.0350. The third-order valence-corrected chi connectivity index (χ3v) is 4.50. The molecule has 20 heavy (non-hydrogen) atoms. The lowest BCUT2D eigenvalue weighted by molar-refractivity contribution is -0.137. The fraction of sp³-hybridized carbons (Fsp3) is 0.875. The predicted octanol–water partition coefficient (Wildman–Crippen LogP) is 3.21. The van der Waals surface area contributed by atoms with Crippen molar-refractivity contribution in [3.63, 3.8) is 0 Å². The van der Waals surface area contributed by atoms with Crippen LogP contribution in [0.1, 0.15) is 65.7 Å². The minimum atomic E-state index is -0.751. The van der Waals surface area contributed by atoms with E-state index in [0.717, 1.165) is 38.0 Å². The third kappa shape index (κ3) is 6.40. The average molecular weight is 283 g/mol. The molecule has 1 aliphatic carbocycles. The summed E-state index contributed by atoms with van der Waals surface area (Å²) in [6.45, 7) is 7.02. The van der Waals surface area contributed by atoms with E-state index in [1.165, 1.54) is 0 Å². The van der Waals surface area contributed by atoms with Gasteiger partial charge in [-0.05, 0) is 49.9 Å². The van der Waals surface area contributed by atoms with Crippen LogP contribution in [0.15, 0.2) is 0 Å². The van der Waals surface area contributed by atoms with E-state index in [1.807, 2.05) is 0 Å². The van der Waals surface area contributed by atoms with E-state index in [1.54, 1.807) is 0 Å². The molecule has 4 nitrogen and oxygen atoms in total. The van der Waals surface area contributed by atoms with E-state index in [2.05, 4.69) is 26.1 Å². The highest BCUT2D eigenvalue weighted by atomic mass is 16.4. The Bertz CT molecular complexity index is 331. The lowest BCUT2D eigenvalue weighted by Gasteiger charge is -2.27. The van der Waals surface area contributed by atoms with Crippen LogP contribution in [0.2, 0.25) is 0 Å². The van der Waals surface area contributed by atoms with Crippen molar-refractivity contribution in [2.24, 2.45) is 17.3 Å². The Balaban J connectivity index is 2.22. The average Bonchev–Trinajstić information content (AvgIpc) is 2.37. The maximum atomic E-state index is 12.1. The van der Waals surface area contributed by atoms with Gasteiger partial charge in [-0.1, -0.05) is 20.8 Å². The Morgan fingerprint density at radius 1 is 1.15 bits per heavy atom. The molecule has 1 aliphatic rings. The number of carboxylic acids is 1. The van der Waals surface area contributed by atoms with E-state index in [9.17, 15) is 9.59 Å². The van der Waals surface area contributed by atoms with Crippen molar-refractivity contribution in [3.05, 3.63) is 0 Å². The van der Waals surface area contributed by atoms with Crippen molar-refractivity contribution in [2.45, 2.75) is 65.7 Å². The smallest absolute Gasteiger partial charge is 0.303 e. The maximum absolute atomic E-state index is 12.1. The minimum absolute atomic E-state index is 0.0350. The van der Waals surface area contributed by atoms with E-state index in [0.29, 0.717) is 13.0 Å². The van der Waals surface area contributed by atoms with Gasteiger partial charge in [-0.2, -0.15) is 0 Å². The molecule has 1 rings (SSSR count). The van der Waals surface area contributed by atoms with Crippen LogP contribution in [0.5, 0.6) is 0 Å². The Labute approximate surface area is 122 Å². The molecule has 0 aromatic carbocycles. The molecule has 0 radical (unpaired) electrons. The number of rotatable bonds is 7. The molecule has 1 amide bonds. The van der Waals surface area contributed by atoms with Crippen molar-refractivity contribution in [1.29, 1.82) is 0 Å². The van der Waals surface area contributed by atoms with Crippen LogP contribution in [-0.2, 0) is 9.59 Å². The quantitative estimate of drug-likeness (QED) is 0.754. The van der Waals surface area contributed by atoms with Gasteiger partial charge in [0, 0.05) is 18.9 Å². The number of hydrogen-bond donors (Lipinski definition) is 2. The zero-order valence-electron chi connectivity index (χ0n) is 13.1. The highest BCUT2D eigenvalue weighted by Crippen LogP contribution is 2.29. The second-order valence-electron chi connectivity index (χ2n) is 7.06. The molecule has 0 spiro atoms. The molecule has 0 aromatic rings. The van der Waals surface area contributed by atoms with Crippen LogP contribution in [0.3, 0.4) is 0 Å². The van der Waals surface area contributed by atoms with Crippen LogP contribution < -0.4 is 5.32 Å². The second kappa shape index (κ2) is 7.65. The molecule has 0 unspecified atom stereocenters. The molecular formula is C16H29NO3. The monoisotopic (exact) mass is 283 g/mol. The first kappa shape index (κ1) is 17.0. The summed E-state index contributed by atoms with van der Waals surface area (Å²) < 4.78 is 0. The molecule has 4 heteroatoms. The Hall–Kier alpha value is -1.06. The summed E-state index contributed by atoms with van der Waals surface area (Å²) in [6.07, 6.45) is 6.00. The SMILES string of the molecule is CC1CCC(C(=O)NCCC(C)(C)CCC(=O)O)CC1. The van der Waals surface area contributed by atoms with Crippen LogP contribution >= 0.6 is 0 Å². The first-order valence-corrected chi connectivity index (χ1v) is 7.80. The first-order valence-electron chi connectivity index (χ1n) is 7.80. The third-order valence-electron chi connectivity index (χ3n) is 4.50. The molecule has 0 aromatic heterocycles. The van der Waals surface area contributed by atoms with Crippen molar-refractivity contribution >= 4 is 11.9 Å². The summed E-state index contributed by atoms with van der Waals surface area (Å²) in [6, 6.07) is 0. The Kier molecular flexibility index (Phi) is 6.50. The van der Waals surface area contributed by atoms with Crippen LogP contribution in [0, 0.1) is 17.3 Å². The van der Waals surface area contributed by atoms with Gasteiger partial charge >= 0.3 is 5.97 Å². The van der Waals surface area contributed by atoms with Gasteiger partial charge in [0.15, 0.2) is 0 Å². The minimum Gasteiger partial charge on any atom is -0.481 e. The van der Waals surface area contributed by atoms with Gasteiger partial charge in [0.25, 0.3) is 0 Å². The van der Waals surface area contributed by atoms with Crippen molar-refractivity contribution < 1.29 is 14.7 Å². The van der Waals surface area contributed by atoms with Crippen LogP contribution in [-0.4, -0.2) is 23.5 Å². The van der Waals surface area contributed by atoms with Gasteiger partial charge in [-0.25, -0.2) is 0 Å². The van der Waals surface area contributed by atoms with Gasteiger partial charge < -0.3 is 10.4 Å². The largest absolute Gasteiger partial charge is 0.481 e. The molecule has 1 fully saturated rings. The lowest BCUT2D eigenvalue weighted by Crippen LogP contribution is -2.35. The van der Waals surface area contributed by atoms with Crippen molar-refractivity contribution in [2.75, 3.05) is 6.54 Å². The van der Waals surface area contributed by atoms with E-state index >= 15 is 0 Å². The molecule has 0 saturated heterocycles. The summed E-state index contributed by atoms with van der Waals surface area (Å²) in [5, 5.41) is 11.7. The Morgan fingerprint density at radius 3 is 2.30 bits per heavy atom. The van der Waals surface area contributed by atoms with Crippen molar-refractivity contribution in [3.8, 4) is 0 Å². The van der Waals surface area contributed by atoms with Crippen LogP contribution in [0.25, 0.3) is 0 Å². The number of carboxylic acid groups (broad SMARTS) is 1. The summed E-state index contributed by atoms with van der Waals surface area (Å²) >= 11 is 0. The zero-order valence-corrected chi connectivity index (χ0v) is 13.1. The van der Waals surface area contributed by atoms with Crippen molar-refractivity contribution in [1.82, 2.24) is 5.32 Å². The molecule has 0 atom stereocenters. The van der Waals surface area contributed by atoms with Gasteiger partial charge in [-0.15, -0.1) is 0 Å². The topological polar surface area (TPSA) is 66.4 Å². The maximum Gasteiger partial charge on any atom is 0.303 e. The molecule has 2 N–H and O–H groups in total. The summed E-state index contributed by atoms with van der Waals surface area (Å²) in [4.78, 5) is 22.6. The van der Waals surface area contributed by atoms with E-state index in [-0.39, 0.29) is 23.7 Å². The summed E-state index contributed by atoms with van der Waals surface area (Å²) in [7, 11) is 0. The number of amides is 1. The number of nitrogens with one attached hydrogen (secondary N) is 1. The van der Waals surface area contributed by atoms with Gasteiger partial charge in [0.05, 0.1) is 0 Å². The second-order valence-corrected chi connectivity index (χ2v) is 7.06. The first-order chi connectivity index (χ1) is 9.30. The fourth-order valence-electron chi connectivity index (χ4n) is 2.76. The lowest BCUT2D eigenvalue weighted by atomic mass is 9.82. The highest BCUT2D eigenvalue weighted by molar-refractivity contribution is 5.78. The number of aliphatic carboxylic acids is 1. The highest BCUT2D eigenvalue weighted by Gasteiger charge is 2.25. The zero-order chi connectivity index (χ0) is 15.2.